The monoisotopic (exact) mass is 370 g/mol. The van der Waals surface area contributed by atoms with E-state index in [0.717, 1.165) is 9.37 Å². The zero-order valence-electron chi connectivity index (χ0n) is 10.4. The zero-order chi connectivity index (χ0) is 14.5. The lowest BCUT2D eigenvalue weighted by Gasteiger charge is -2.07. The summed E-state index contributed by atoms with van der Waals surface area (Å²) in [5, 5.41) is 3.20. The van der Waals surface area contributed by atoms with Crippen LogP contribution in [0.2, 0.25) is 5.02 Å². The third-order valence-electron chi connectivity index (χ3n) is 2.45. The van der Waals surface area contributed by atoms with Crippen molar-refractivity contribution in [1.82, 2.24) is 0 Å². The molecule has 0 radical (unpaired) electrons. The fourth-order valence-corrected chi connectivity index (χ4v) is 2.70. The highest BCUT2D eigenvalue weighted by molar-refractivity contribution is 9.10. The summed E-state index contributed by atoms with van der Waals surface area (Å²) in [4.78, 5) is 12.9. The summed E-state index contributed by atoms with van der Waals surface area (Å²) in [5.41, 5.74) is 6.74. The fraction of sp³-hybridized carbons (Fsp3) is 0.0714. The lowest BCUT2D eigenvalue weighted by atomic mass is 10.3. The number of amides is 1. The SMILES string of the molecule is Nc1ccc(NC(=O)CSc2ccc(Br)cc2)c(Cl)c1. The van der Waals surface area contributed by atoms with Crippen LogP contribution in [0, 0.1) is 0 Å². The summed E-state index contributed by atoms with van der Waals surface area (Å²) in [6, 6.07) is 12.8. The van der Waals surface area contributed by atoms with Crippen LogP contribution in [0.15, 0.2) is 51.8 Å². The first-order valence-electron chi connectivity index (χ1n) is 5.78. The van der Waals surface area contributed by atoms with Gasteiger partial charge in [0.15, 0.2) is 0 Å². The average molecular weight is 372 g/mol. The van der Waals surface area contributed by atoms with Crippen LogP contribution < -0.4 is 11.1 Å². The normalized spacial score (nSPS) is 10.3. The minimum atomic E-state index is -0.107. The standard InChI is InChI=1S/C14H12BrClN2OS/c15-9-1-4-11(5-2-9)20-8-14(19)18-13-6-3-10(17)7-12(13)16/h1-7H,8,17H2,(H,18,19). The van der Waals surface area contributed by atoms with Gasteiger partial charge in [-0.15, -0.1) is 11.8 Å². The van der Waals surface area contributed by atoms with Crippen molar-refractivity contribution in [1.29, 1.82) is 0 Å². The first-order valence-corrected chi connectivity index (χ1v) is 7.93. The number of anilines is 2. The van der Waals surface area contributed by atoms with Crippen LogP contribution >= 0.6 is 39.3 Å². The lowest BCUT2D eigenvalue weighted by molar-refractivity contribution is -0.113. The molecule has 0 heterocycles. The topological polar surface area (TPSA) is 55.1 Å². The Morgan fingerprint density at radius 1 is 1.25 bits per heavy atom. The van der Waals surface area contributed by atoms with E-state index in [1.54, 1.807) is 18.2 Å². The van der Waals surface area contributed by atoms with Crippen LogP contribution in [0.5, 0.6) is 0 Å². The maximum Gasteiger partial charge on any atom is 0.234 e. The Labute approximate surface area is 135 Å². The molecule has 6 heteroatoms. The van der Waals surface area contributed by atoms with E-state index >= 15 is 0 Å². The molecule has 0 aliphatic rings. The molecule has 0 fully saturated rings. The Bertz CT molecular complexity index is 619. The highest BCUT2D eigenvalue weighted by Crippen LogP contribution is 2.25. The largest absolute Gasteiger partial charge is 0.399 e. The number of carbonyl (C=O) groups is 1. The summed E-state index contributed by atoms with van der Waals surface area (Å²) in [5.74, 6) is 0.215. The van der Waals surface area contributed by atoms with Gasteiger partial charge in [-0.25, -0.2) is 0 Å². The van der Waals surface area contributed by atoms with Gasteiger partial charge >= 0.3 is 0 Å². The van der Waals surface area contributed by atoms with Crippen LogP contribution in [0.25, 0.3) is 0 Å². The minimum Gasteiger partial charge on any atom is -0.399 e. The molecule has 0 saturated carbocycles. The second-order valence-corrected chi connectivity index (χ2v) is 6.40. The number of halogens is 2. The molecule has 0 spiro atoms. The number of hydrogen-bond donors (Lipinski definition) is 2. The molecular weight excluding hydrogens is 360 g/mol. The van der Waals surface area contributed by atoms with E-state index in [4.69, 9.17) is 17.3 Å². The second kappa shape index (κ2) is 7.02. The maximum absolute atomic E-state index is 11.9. The van der Waals surface area contributed by atoms with Gasteiger partial charge < -0.3 is 11.1 Å². The Morgan fingerprint density at radius 2 is 1.95 bits per heavy atom. The second-order valence-electron chi connectivity index (χ2n) is 4.03. The van der Waals surface area contributed by atoms with Gasteiger partial charge in [-0.2, -0.15) is 0 Å². The van der Waals surface area contributed by atoms with Crippen molar-refractivity contribution in [2.75, 3.05) is 16.8 Å². The van der Waals surface area contributed by atoms with E-state index in [1.807, 2.05) is 24.3 Å². The predicted octanol–water partition coefficient (Wildman–Crippen LogP) is 4.42. The van der Waals surface area contributed by atoms with Crippen LogP contribution in [0.1, 0.15) is 0 Å². The number of benzene rings is 2. The molecule has 104 valence electrons. The van der Waals surface area contributed by atoms with Crippen LogP contribution in [0.3, 0.4) is 0 Å². The molecule has 2 rings (SSSR count). The van der Waals surface area contributed by atoms with Gasteiger partial charge in [-0.05, 0) is 42.5 Å². The molecule has 0 atom stereocenters. The first kappa shape index (κ1) is 15.2. The molecule has 0 saturated heterocycles. The summed E-state index contributed by atoms with van der Waals surface area (Å²) < 4.78 is 1.01. The van der Waals surface area contributed by atoms with Crippen molar-refractivity contribution in [3.8, 4) is 0 Å². The van der Waals surface area contributed by atoms with Crippen LogP contribution in [-0.2, 0) is 4.79 Å². The van der Waals surface area contributed by atoms with E-state index in [-0.39, 0.29) is 5.91 Å². The molecule has 2 aromatic carbocycles. The van der Waals surface area contributed by atoms with Crippen molar-refractivity contribution in [3.63, 3.8) is 0 Å². The van der Waals surface area contributed by atoms with Gasteiger partial charge in [0.2, 0.25) is 5.91 Å². The van der Waals surface area contributed by atoms with Gasteiger partial charge in [0, 0.05) is 15.1 Å². The van der Waals surface area contributed by atoms with E-state index < -0.39 is 0 Å². The van der Waals surface area contributed by atoms with Gasteiger partial charge in [0.1, 0.15) is 0 Å². The van der Waals surface area contributed by atoms with Crippen molar-refractivity contribution in [3.05, 3.63) is 52.0 Å². The van der Waals surface area contributed by atoms with E-state index in [2.05, 4.69) is 21.2 Å². The molecule has 0 bridgehead atoms. The molecule has 0 unspecified atom stereocenters. The number of nitrogen functional groups attached to an aromatic ring is 1. The number of nitrogens with two attached hydrogens (primary N) is 1. The highest BCUT2D eigenvalue weighted by atomic mass is 79.9. The van der Waals surface area contributed by atoms with Crippen LogP contribution in [-0.4, -0.2) is 11.7 Å². The quantitative estimate of drug-likeness (QED) is 0.618. The van der Waals surface area contributed by atoms with Gasteiger partial charge in [0.05, 0.1) is 16.5 Å². The number of carbonyl (C=O) groups excluding carboxylic acids is 1. The number of nitrogens with one attached hydrogen (secondary N) is 1. The van der Waals surface area contributed by atoms with Crippen molar-refractivity contribution in [2.45, 2.75) is 4.90 Å². The minimum absolute atomic E-state index is 0.107. The third kappa shape index (κ3) is 4.44. The molecule has 3 nitrogen and oxygen atoms in total. The summed E-state index contributed by atoms with van der Waals surface area (Å²) >= 11 is 10.8. The first-order chi connectivity index (χ1) is 9.54. The Kier molecular flexibility index (Phi) is 5.34. The number of rotatable bonds is 4. The van der Waals surface area contributed by atoms with E-state index in [1.165, 1.54) is 11.8 Å². The van der Waals surface area contributed by atoms with E-state index in [0.29, 0.717) is 22.2 Å². The van der Waals surface area contributed by atoms with Crippen molar-refractivity contribution in [2.24, 2.45) is 0 Å². The van der Waals surface area contributed by atoms with Crippen LogP contribution in [0.4, 0.5) is 11.4 Å². The molecule has 2 aromatic rings. The van der Waals surface area contributed by atoms with Crippen molar-refractivity contribution >= 4 is 56.6 Å². The Balaban J connectivity index is 1.90. The average Bonchev–Trinajstić information content (AvgIpc) is 2.41. The third-order valence-corrected chi connectivity index (χ3v) is 4.30. The number of thioether (sulfide) groups is 1. The molecule has 3 N–H and O–H groups in total. The maximum atomic E-state index is 11.9. The van der Waals surface area contributed by atoms with Crippen molar-refractivity contribution < 1.29 is 4.79 Å². The highest BCUT2D eigenvalue weighted by Gasteiger charge is 2.07. The summed E-state index contributed by atoms with van der Waals surface area (Å²) in [7, 11) is 0. The van der Waals surface area contributed by atoms with Gasteiger partial charge in [-0.1, -0.05) is 27.5 Å². The van der Waals surface area contributed by atoms with Gasteiger partial charge in [-0.3, -0.25) is 4.79 Å². The smallest absolute Gasteiger partial charge is 0.234 e. The number of hydrogen-bond acceptors (Lipinski definition) is 3. The Morgan fingerprint density at radius 3 is 2.60 bits per heavy atom. The fourth-order valence-electron chi connectivity index (χ4n) is 1.50. The predicted molar refractivity (Wildman–Crippen MR) is 89.4 cm³/mol. The molecular formula is C14H12BrClN2OS. The van der Waals surface area contributed by atoms with Gasteiger partial charge in [0.25, 0.3) is 0 Å². The Hall–Kier alpha value is -1.17. The molecule has 0 aliphatic carbocycles. The molecule has 0 aromatic heterocycles. The van der Waals surface area contributed by atoms with E-state index in [9.17, 15) is 4.79 Å². The zero-order valence-corrected chi connectivity index (χ0v) is 13.6. The summed E-state index contributed by atoms with van der Waals surface area (Å²) in [6.07, 6.45) is 0. The lowest BCUT2D eigenvalue weighted by Crippen LogP contribution is -2.14. The molecule has 1 amide bonds. The summed E-state index contributed by atoms with van der Waals surface area (Å²) in [6.45, 7) is 0. The molecule has 0 aliphatic heterocycles. The molecule has 20 heavy (non-hydrogen) atoms.